The van der Waals surface area contributed by atoms with Gasteiger partial charge in [-0.2, -0.15) is 11.8 Å². The van der Waals surface area contributed by atoms with E-state index in [0.717, 1.165) is 30.1 Å². The van der Waals surface area contributed by atoms with Gasteiger partial charge in [0.05, 0.1) is 0 Å². The standard InChI is InChI=1S/C8H18N4S/c1-7-3-4-12(5-6-13-7)8(10-2)11-9/h7H,3-6,9H2,1-2H3,(H,10,11). The molecule has 1 aliphatic heterocycles. The van der Waals surface area contributed by atoms with Crippen molar-refractivity contribution < 1.29 is 0 Å². The lowest BCUT2D eigenvalue weighted by atomic mass is 10.3. The van der Waals surface area contributed by atoms with Crippen LogP contribution in [0.15, 0.2) is 4.99 Å². The Labute approximate surface area is 83.9 Å². The smallest absolute Gasteiger partial charge is 0.208 e. The highest BCUT2D eigenvalue weighted by atomic mass is 32.2. The van der Waals surface area contributed by atoms with Crippen LogP contribution in [-0.2, 0) is 0 Å². The van der Waals surface area contributed by atoms with Gasteiger partial charge in [-0.3, -0.25) is 10.4 Å². The molecule has 0 aliphatic carbocycles. The van der Waals surface area contributed by atoms with Crippen LogP contribution >= 0.6 is 11.8 Å². The second-order valence-electron chi connectivity index (χ2n) is 3.15. The van der Waals surface area contributed by atoms with Crippen LogP contribution in [0.1, 0.15) is 13.3 Å². The molecule has 0 aromatic rings. The predicted molar refractivity (Wildman–Crippen MR) is 58.8 cm³/mol. The maximum atomic E-state index is 5.37. The minimum atomic E-state index is 0.751. The summed E-state index contributed by atoms with van der Waals surface area (Å²) < 4.78 is 0. The highest BCUT2D eigenvalue weighted by Gasteiger charge is 2.15. The Kier molecular flexibility index (Phi) is 4.38. The van der Waals surface area contributed by atoms with Gasteiger partial charge in [0.1, 0.15) is 0 Å². The van der Waals surface area contributed by atoms with Crippen LogP contribution in [0.3, 0.4) is 0 Å². The number of hydrogen-bond donors (Lipinski definition) is 2. The molecule has 76 valence electrons. The molecule has 0 radical (unpaired) electrons. The molecule has 5 heteroatoms. The molecule has 0 aromatic carbocycles. The van der Waals surface area contributed by atoms with E-state index in [4.69, 9.17) is 5.84 Å². The number of nitrogens with two attached hydrogens (primary N) is 1. The lowest BCUT2D eigenvalue weighted by molar-refractivity contribution is 0.425. The van der Waals surface area contributed by atoms with Crippen molar-refractivity contribution in [2.45, 2.75) is 18.6 Å². The number of guanidine groups is 1. The molecular formula is C8H18N4S. The van der Waals surface area contributed by atoms with Crippen LogP contribution in [0.5, 0.6) is 0 Å². The van der Waals surface area contributed by atoms with Gasteiger partial charge < -0.3 is 4.90 Å². The molecule has 0 aromatic heterocycles. The number of rotatable bonds is 0. The van der Waals surface area contributed by atoms with Crippen LogP contribution in [0, 0.1) is 0 Å². The van der Waals surface area contributed by atoms with Crippen molar-refractivity contribution in [2.24, 2.45) is 10.8 Å². The Bertz CT molecular complexity index is 183. The Hall–Kier alpha value is -0.420. The van der Waals surface area contributed by atoms with Gasteiger partial charge in [0.2, 0.25) is 5.96 Å². The summed E-state index contributed by atoms with van der Waals surface area (Å²) in [5, 5.41) is 0.751. The second kappa shape index (κ2) is 5.34. The first-order valence-electron chi connectivity index (χ1n) is 4.58. The maximum Gasteiger partial charge on any atom is 0.208 e. The summed E-state index contributed by atoms with van der Waals surface area (Å²) >= 11 is 2.02. The molecule has 0 saturated carbocycles. The molecule has 1 unspecified atom stereocenters. The van der Waals surface area contributed by atoms with E-state index in [2.05, 4.69) is 22.2 Å². The average molecular weight is 202 g/mol. The molecular weight excluding hydrogens is 184 g/mol. The van der Waals surface area contributed by atoms with Gasteiger partial charge in [-0.15, -0.1) is 0 Å². The maximum absolute atomic E-state index is 5.37. The second-order valence-corrected chi connectivity index (χ2v) is 4.70. The summed E-state index contributed by atoms with van der Waals surface area (Å²) in [5.41, 5.74) is 2.63. The molecule has 1 aliphatic rings. The quantitative estimate of drug-likeness (QED) is 0.256. The Morgan fingerprint density at radius 3 is 3.00 bits per heavy atom. The zero-order chi connectivity index (χ0) is 9.68. The third kappa shape index (κ3) is 3.08. The van der Waals surface area contributed by atoms with Gasteiger partial charge in [-0.1, -0.05) is 6.92 Å². The minimum Gasteiger partial charge on any atom is -0.341 e. The van der Waals surface area contributed by atoms with E-state index in [0.29, 0.717) is 0 Å². The van der Waals surface area contributed by atoms with E-state index >= 15 is 0 Å². The Balaban J connectivity index is 2.50. The average Bonchev–Trinajstić information content (AvgIpc) is 2.34. The zero-order valence-electron chi connectivity index (χ0n) is 8.29. The van der Waals surface area contributed by atoms with Crippen LogP contribution in [0.25, 0.3) is 0 Å². The van der Waals surface area contributed by atoms with E-state index < -0.39 is 0 Å². The van der Waals surface area contributed by atoms with Crippen LogP contribution in [0.4, 0.5) is 0 Å². The van der Waals surface area contributed by atoms with Gasteiger partial charge in [-0.05, 0) is 6.42 Å². The number of nitrogens with one attached hydrogen (secondary N) is 1. The largest absolute Gasteiger partial charge is 0.341 e. The van der Waals surface area contributed by atoms with E-state index in [-0.39, 0.29) is 0 Å². The van der Waals surface area contributed by atoms with Gasteiger partial charge in [0, 0.05) is 31.1 Å². The fourth-order valence-electron chi connectivity index (χ4n) is 1.41. The lowest BCUT2D eigenvalue weighted by Gasteiger charge is -2.22. The van der Waals surface area contributed by atoms with Gasteiger partial charge in [-0.25, -0.2) is 5.84 Å². The van der Waals surface area contributed by atoms with E-state index in [1.165, 1.54) is 6.42 Å². The fourth-order valence-corrected chi connectivity index (χ4v) is 2.41. The summed E-state index contributed by atoms with van der Waals surface area (Å²) in [6.45, 7) is 4.35. The molecule has 0 spiro atoms. The molecule has 1 saturated heterocycles. The summed E-state index contributed by atoms with van der Waals surface area (Å²) in [5.74, 6) is 7.33. The van der Waals surface area contributed by atoms with Crippen molar-refractivity contribution in [3.63, 3.8) is 0 Å². The van der Waals surface area contributed by atoms with Crippen LogP contribution in [0.2, 0.25) is 0 Å². The zero-order valence-corrected chi connectivity index (χ0v) is 9.10. The fraction of sp³-hybridized carbons (Fsp3) is 0.875. The van der Waals surface area contributed by atoms with Crippen LogP contribution in [-0.4, -0.2) is 42.0 Å². The van der Waals surface area contributed by atoms with Crippen molar-refractivity contribution in [3.05, 3.63) is 0 Å². The molecule has 1 fully saturated rings. The normalized spacial score (nSPS) is 25.6. The molecule has 1 rings (SSSR count). The summed E-state index contributed by atoms with van der Waals surface area (Å²) in [6.07, 6.45) is 1.20. The molecule has 1 heterocycles. The number of thioether (sulfide) groups is 1. The van der Waals surface area contributed by atoms with Gasteiger partial charge in [0.15, 0.2) is 0 Å². The third-order valence-electron chi connectivity index (χ3n) is 2.21. The van der Waals surface area contributed by atoms with Crippen molar-refractivity contribution >= 4 is 17.7 Å². The first-order valence-corrected chi connectivity index (χ1v) is 5.62. The molecule has 4 nitrogen and oxygen atoms in total. The summed E-state index contributed by atoms with van der Waals surface area (Å²) in [4.78, 5) is 6.30. The summed E-state index contributed by atoms with van der Waals surface area (Å²) in [7, 11) is 1.76. The summed E-state index contributed by atoms with van der Waals surface area (Å²) in [6, 6.07) is 0. The molecule has 0 bridgehead atoms. The molecule has 0 amide bonds. The number of hydrogen-bond acceptors (Lipinski definition) is 3. The number of nitrogens with zero attached hydrogens (tertiary/aromatic N) is 2. The topological polar surface area (TPSA) is 53.6 Å². The third-order valence-corrected chi connectivity index (χ3v) is 3.43. The Morgan fingerprint density at radius 2 is 2.38 bits per heavy atom. The van der Waals surface area contributed by atoms with Crippen molar-refractivity contribution in [2.75, 3.05) is 25.9 Å². The molecule has 13 heavy (non-hydrogen) atoms. The number of hydrazine groups is 1. The highest BCUT2D eigenvalue weighted by molar-refractivity contribution is 7.99. The van der Waals surface area contributed by atoms with Crippen molar-refractivity contribution in [1.29, 1.82) is 0 Å². The van der Waals surface area contributed by atoms with Gasteiger partial charge >= 0.3 is 0 Å². The van der Waals surface area contributed by atoms with Crippen molar-refractivity contribution in [1.82, 2.24) is 10.3 Å². The van der Waals surface area contributed by atoms with E-state index in [1.807, 2.05) is 11.8 Å². The molecule has 3 N–H and O–H groups in total. The monoisotopic (exact) mass is 202 g/mol. The van der Waals surface area contributed by atoms with Crippen molar-refractivity contribution in [3.8, 4) is 0 Å². The molecule has 1 atom stereocenters. The lowest BCUT2D eigenvalue weighted by Crippen LogP contribution is -2.45. The van der Waals surface area contributed by atoms with Crippen LogP contribution < -0.4 is 11.3 Å². The minimum absolute atomic E-state index is 0.751. The first-order chi connectivity index (χ1) is 6.27. The predicted octanol–water partition coefficient (Wildman–Crippen LogP) is 0.263. The highest BCUT2D eigenvalue weighted by Crippen LogP contribution is 2.18. The Morgan fingerprint density at radius 1 is 1.62 bits per heavy atom. The van der Waals surface area contributed by atoms with Gasteiger partial charge in [0.25, 0.3) is 0 Å². The first kappa shape index (κ1) is 10.7. The van der Waals surface area contributed by atoms with E-state index in [9.17, 15) is 0 Å². The number of aliphatic imine (C=N–C) groups is 1. The van der Waals surface area contributed by atoms with E-state index in [1.54, 1.807) is 7.05 Å². The SMILES string of the molecule is CN=C(NN)N1CCSC(C)CC1.